The van der Waals surface area contributed by atoms with Crippen molar-refractivity contribution < 1.29 is 14.3 Å². The summed E-state index contributed by atoms with van der Waals surface area (Å²) in [4.78, 5) is 19.5. The number of benzene rings is 2. The Morgan fingerprint density at radius 1 is 1.26 bits per heavy atom. The van der Waals surface area contributed by atoms with Gasteiger partial charge in [-0.05, 0) is 48.6 Å². The third-order valence-electron chi connectivity index (χ3n) is 6.27. The topological polar surface area (TPSA) is 63.2 Å². The molecule has 0 bridgehead atoms. The number of carbonyl (C=O) groups is 1. The van der Waals surface area contributed by atoms with Gasteiger partial charge < -0.3 is 14.4 Å². The molecule has 2 aromatic carbocycles. The summed E-state index contributed by atoms with van der Waals surface area (Å²) in [6.07, 6.45) is 3.56. The van der Waals surface area contributed by atoms with Gasteiger partial charge >= 0.3 is 6.03 Å². The van der Waals surface area contributed by atoms with Gasteiger partial charge in [-0.3, -0.25) is 5.32 Å². The van der Waals surface area contributed by atoms with E-state index < -0.39 is 0 Å². The zero-order valence-electron chi connectivity index (χ0n) is 18.2. The Morgan fingerprint density at radius 2 is 2.06 bits per heavy atom. The predicted molar refractivity (Wildman–Crippen MR) is 123 cm³/mol. The van der Waals surface area contributed by atoms with Crippen LogP contribution < -0.4 is 10.1 Å². The van der Waals surface area contributed by atoms with Gasteiger partial charge in [0.1, 0.15) is 17.3 Å². The fraction of sp³-hybridized carbons (Fsp3) is 0.360. The first-order valence-corrected chi connectivity index (χ1v) is 10.6. The number of hydrogen-bond donors (Lipinski definition) is 1. The number of hydrogen-bond acceptors (Lipinski definition) is 4. The minimum absolute atomic E-state index is 0.118. The Kier molecular flexibility index (Phi) is 6.09. The van der Waals surface area contributed by atoms with Crippen molar-refractivity contribution in [2.24, 2.45) is 10.4 Å². The molecular weight excluding hydrogens is 390 g/mol. The number of ether oxygens (including phenoxy) is 2. The number of urea groups is 1. The highest BCUT2D eigenvalue weighted by Gasteiger charge is 2.42. The molecule has 6 nitrogen and oxygen atoms in total. The molecule has 1 atom stereocenters. The first kappa shape index (κ1) is 21.1. The van der Waals surface area contributed by atoms with E-state index in [1.54, 1.807) is 13.2 Å². The zero-order valence-corrected chi connectivity index (χ0v) is 18.2. The molecule has 2 amide bonds. The van der Waals surface area contributed by atoms with Gasteiger partial charge in [-0.1, -0.05) is 43.0 Å². The summed E-state index contributed by atoms with van der Waals surface area (Å²) in [6, 6.07) is 13.9. The van der Waals surface area contributed by atoms with Gasteiger partial charge in [0, 0.05) is 25.1 Å². The predicted octanol–water partition coefficient (Wildman–Crippen LogP) is 4.71. The number of likely N-dealkylation sites (tertiary alicyclic amines) is 1. The summed E-state index contributed by atoms with van der Waals surface area (Å²) >= 11 is 0. The lowest BCUT2D eigenvalue weighted by Crippen LogP contribution is -2.42. The number of nitrogens with zero attached hydrogens (tertiary/aromatic N) is 2. The second-order valence-electron chi connectivity index (χ2n) is 8.26. The number of aliphatic imine (C=N–C) groups is 1. The van der Waals surface area contributed by atoms with Gasteiger partial charge in [0.05, 0.1) is 13.7 Å². The molecule has 2 aromatic rings. The van der Waals surface area contributed by atoms with E-state index >= 15 is 0 Å². The van der Waals surface area contributed by atoms with Crippen LogP contribution in [-0.2, 0) is 4.74 Å². The van der Waals surface area contributed by atoms with Crippen molar-refractivity contribution in [3.05, 3.63) is 60.7 Å². The Balaban J connectivity index is 1.58. The van der Waals surface area contributed by atoms with Crippen LogP contribution in [0, 0.1) is 12.3 Å². The number of rotatable bonds is 4. The molecule has 2 aliphatic rings. The first-order valence-electron chi connectivity index (χ1n) is 10.6. The maximum atomic E-state index is 12.9. The number of nitrogens with one attached hydrogen (secondary N) is 1. The Morgan fingerprint density at radius 3 is 2.74 bits per heavy atom. The number of methoxy groups -OCH3 is 1. The Bertz CT molecular complexity index is 995. The number of amidine groups is 1. The van der Waals surface area contributed by atoms with Crippen LogP contribution in [0.3, 0.4) is 0 Å². The fourth-order valence-electron chi connectivity index (χ4n) is 4.42. The third-order valence-corrected chi connectivity index (χ3v) is 6.27. The fourth-order valence-corrected chi connectivity index (χ4v) is 4.42. The van der Waals surface area contributed by atoms with E-state index in [4.69, 9.17) is 14.5 Å². The van der Waals surface area contributed by atoms with Crippen LogP contribution in [0.2, 0.25) is 0 Å². The molecule has 31 heavy (non-hydrogen) atoms. The van der Waals surface area contributed by atoms with Gasteiger partial charge in [-0.25, -0.2) is 9.79 Å². The van der Waals surface area contributed by atoms with Crippen LogP contribution in [-0.4, -0.2) is 50.2 Å². The summed E-state index contributed by atoms with van der Waals surface area (Å²) in [7, 11) is 1.62. The highest BCUT2D eigenvalue weighted by atomic mass is 16.5. The lowest BCUT2D eigenvalue weighted by molar-refractivity contribution is 0.153. The molecule has 0 saturated carbocycles. The lowest BCUT2D eigenvalue weighted by atomic mass is 9.87. The van der Waals surface area contributed by atoms with E-state index in [0.717, 1.165) is 55.8 Å². The van der Waals surface area contributed by atoms with Gasteiger partial charge in [0.15, 0.2) is 0 Å². The summed E-state index contributed by atoms with van der Waals surface area (Å²) in [6.45, 7) is 8.83. The quantitative estimate of drug-likeness (QED) is 0.577. The van der Waals surface area contributed by atoms with E-state index in [9.17, 15) is 4.79 Å². The molecule has 2 fully saturated rings. The Hall–Kier alpha value is -3.12. The van der Waals surface area contributed by atoms with Crippen LogP contribution in [0.1, 0.15) is 18.4 Å². The van der Waals surface area contributed by atoms with Gasteiger partial charge in [0.2, 0.25) is 0 Å². The first-order chi connectivity index (χ1) is 15.0. The molecule has 0 aromatic heterocycles. The SMILES string of the molecule is C=CC(=Nc1c(OC)ccc(-c2ccccc2)c1C)NC(=O)N1CCC2(CCOC2)C1. The van der Waals surface area contributed by atoms with Crippen LogP contribution in [0.5, 0.6) is 5.75 Å². The standard InChI is InChI=1S/C25H29N3O3/c1-4-22(27-24(29)28-14-12-25(16-28)13-15-31-17-25)26-23-18(2)20(10-11-21(23)30-3)19-8-6-5-7-9-19/h4-11H,1,12-17H2,2-3H3,(H,26,27,29). The maximum Gasteiger partial charge on any atom is 0.323 e. The second-order valence-corrected chi connectivity index (χ2v) is 8.26. The highest BCUT2D eigenvalue weighted by molar-refractivity contribution is 6.05. The molecule has 0 aliphatic carbocycles. The molecule has 4 rings (SSSR count). The molecule has 1 N–H and O–H groups in total. The minimum atomic E-state index is -0.154. The molecule has 1 spiro atoms. The summed E-state index contributed by atoms with van der Waals surface area (Å²) in [5, 5.41) is 2.92. The largest absolute Gasteiger partial charge is 0.494 e. The van der Waals surface area contributed by atoms with Gasteiger partial charge in [0.25, 0.3) is 0 Å². The van der Waals surface area contributed by atoms with Crippen LogP contribution in [0.25, 0.3) is 11.1 Å². The van der Waals surface area contributed by atoms with Gasteiger partial charge in [-0.15, -0.1) is 0 Å². The summed E-state index contributed by atoms with van der Waals surface area (Å²) in [5.41, 5.74) is 3.94. The number of amides is 2. The van der Waals surface area contributed by atoms with E-state index in [2.05, 4.69) is 24.0 Å². The molecule has 0 radical (unpaired) electrons. The highest BCUT2D eigenvalue weighted by Crippen LogP contribution is 2.39. The summed E-state index contributed by atoms with van der Waals surface area (Å²) in [5.74, 6) is 1.05. The second kappa shape index (κ2) is 8.94. The smallest absolute Gasteiger partial charge is 0.323 e. The van der Waals surface area contributed by atoms with Crippen molar-refractivity contribution in [1.82, 2.24) is 10.2 Å². The van der Waals surface area contributed by atoms with Gasteiger partial charge in [-0.2, -0.15) is 0 Å². The molecule has 2 aliphatic heterocycles. The van der Waals surface area contributed by atoms with Crippen molar-refractivity contribution in [1.29, 1.82) is 0 Å². The molecule has 162 valence electrons. The summed E-state index contributed by atoms with van der Waals surface area (Å²) < 4.78 is 11.1. The van der Waals surface area contributed by atoms with E-state index in [-0.39, 0.29) is 11.4 Å². The molecular formula is C25H29N3O3. The maximum absolute atomic E-state index is 12.9. The lowest BCUT2D eigenvalue weighted by Gasteiger charge is -2.22. The van der Waals surface area contributed by atoms with Crippen molar-refractivity contribution in [3.8, 4) is 16.9 Å². The van der Waals surface area contributed by atoms with E-state index in [1.807, 2.05) is 42.2 Å². The van der Waals surface area contributed by atoms with E-state index in [1.165, 1.54) is 0 Å². The third kappa shape index (κ3) is 4.35. The van der Waals surface area contributed by atoms with Crippen LogP contribution in [0.15, 0.2) is 60.1 Å². The number of carbonyl (C=O) groups excluding carboxylic acids is 1. The van der Waals surface area contributed by atoms with Crippen molar-refractivity contribution in [3.63, 3.8) is 0 Å². The molecule has 6 heteroatoms. The monoisotopic (exact) mass is 419 g/mol. The van der Waals surface area contributed by atoms with Crippen LogP contribution in [0.4, 0.5) is 10.5 Å². The molecule has 1 unspecified atom stereocenters. The normalized spacial score (nSPS) is 20.8. The Labute approximate surface area is 183 Å². The zero-order chi connectivity index (χ0) is 21.8. The van der Waals surface area contributed by atoms with Crippen molar-refractivity contribution >= 4 is 17.6 Å². The molecule has 2 heterocycles. The van der Waals surface area contributed by atoms with Crippen molar-refractivity contribution in [2.75, 3.05) is 33.4 Å². The average Bonchev–Trinajstić information content (AvgIpc) is 3.44. The minimum Gasteiger partial charge on any atom is -0.494 e. The molecule has 2 saturated heterocycles. The van der Waals surface area contributed by atoms with Crippen LogP contribution >= 0.6 is 0 Å². The average molecular weight is 420 g/mol. The van der Waals surface area contributed by atoms with Crippen molar-refractivity contribution in [2.45, 2.75) is 19.8 Å². The van der Waals surface area contributed by atoms with E-state index in [0.29, 0.717) is 17.3 Å².